The maximum atomic E-state index is 12.5. The normalized spacial score (nSPS) is 26.3. The van der Waals surface area contributed by atoms with Gasteiger partial charge in [0.05, 0.1) is 5.56 Å². The van der Waals surface area contributed by atoms with Crippen molar-refractivity contribution in [1.82, 2.24) is 0 Å². The first kappa shape index (κ1) is 9.52. The molecule has 0 heterocycles. The monoisotopic (exact) mass is 201 g/mol. The van der Waals surface area contributed by atoms with Gasteiger partial charge in [-0.3, -0.25) is 0 Å². The average Bonchev–Trinajstić information content (AvgIpc) is 2.81. The topological polar surface area (TPSA) is 26.0 Å². The summed E-state index contributed by atoms with van der Waals surface area (Å²) in [5.41, 5.74) is 5.34. The van der Waals surface area contributed by atoms with Gasteiger partial charge in [-0.15, -0.1) is 0 Å². The molecule has 1 fully saturated rings. The molecule has 0 bridgehead atoms. The van der Waals surface area contributed by atoms with Crippen molar-refractivity contribution in [2.75, 3.05) is 0 Å². The molecule has 1 aliphatic carbocycles. The molecule has 0 aromatic heterocycles. The van der Waals surface area contributed by atoms with Gasteiger partial charge in [-0.1, -0.05) is 18.2 Å². The van der Waals surface area contributed by atoms with Crippen molar-refractivity contribution in [2.45, 2.75) is 24.6 Å². The Labute approximate surface area is 79.7 Å². The number of alkyl halides is 3. The second-order valence-electron chi connectivity index (χ2n) is 3.59. The van der Waals surface area contributed by atoms with Crippen LogP contribution in [0, 0.1) is 0 Å². The molecular formula is C10H10F3N. The molecule has 4 heteroatoms. The van der Waals surface area contributed by atoms with Gasteiger partial charge in [0.25, 0.3) is 0 Å². The lowest BCUT2D eigenvalue weighted by Gasteiger charge is -2.11. The summed E-state index contributed by atoms with van der Waals surface area (Å²) in [6.07, 6.45) is -3.61. The summed E-state index contributed by atoms with van der Waals surface area (Å²) in [7, 11) is 0. The zero-order chi connectivity index (χ0) is 10.3. The molecule has 0 amide bonds. The molecule has 2 rings (SSSR count). The van der Waals surface area contributed by atoms with Crippen LogP contribution in [0.3, 0.4) is 0 Å². The van der Waals surface area contributed by atoms with E-state index in [0.717, 1.165) is 6.07 Å². The minimum Gasteiger partial charge on any atom is -0.327 e. The van der Waals surface area contributed by atoms with Gasteiger partial charge in [-0.05, 0) is 18.1 Å². The quantitative estimate of drug-likeness (QED) is 0.742. The Morgan fingerprint density at radius 3 is 2.29 bits per heavy atom. The maximum absolute atomic E-state index is 12.5. The molecule has 1 aromatic carbocycles. The number of halogens is 3. The molecule has 76 valence electrons. The first-order chi connectivity index (χ1) is 6.50. The van der Waals surface area contributed by atoms with E-state index in [9.17, 15) is 13.2 Å². The average molecular weight is 201 g/mol. The third-order valence-corrected chi connectivity index (χ3v) is 2.51. The Kier molecular flexibility index (Phi) is 2.03. The SMILES string of the molecule is N[C@@H]1C[C@H]1c1ccccc1C(F)(F)F. The fourth-order valence-electron chi connectivity index (χ4n) is 1.65. The Morgan fingerprint density at radius 2 is 1.79 bits per heavy atom. The molecule has 1 aliphatic rings. The van der Waals surface area contributed by atoms with Crippen LogP contribution >= 0.6 is 0 Å². The van der Waals surface area contributed by atoms with Gasteiger partial charge in [0.2, 0.25) is 0 Å². The largest absolute Gasteiger partial charge is 0.416 e. The van der Waals surface area contributed by atoms with Crippen LogP contribution in [0.1, 0.15) is 23.5 Å². The molecule has 2 N–H and O–H groups in total. The van der Waals surface area contributed by atoms with Crippen LogP contribution in [-0.4, -0.2) is 6.04 Å². The van der Waals surface area contributed by atoms with Crippen molar-refractivity contribution in [2.24, 2.45) is 5.73 Å². The first-order valence-corrected chi connectivity index (χ1v) is 4.42. The predicted octanol–water partition coefficient (Wildman–Crippen LogP) is 2.52. The van der Waals surface area contributed by atoms with Crippen molar-refractivity contribution < 1.29 is 13.2 Å². The molecule has 2 atom stereocenters. The molecule has 0 aliphatic heterocycles. The second-order valence-corrected chi connectivity index (χ2v) is 3.59. The lowest BCUT2D eigenvalue weighted by atomic mass is 10.0. The van der Waals surface area contributed by atoms with E-state index in [1.807, 2.05) is 0 Å². The Hall–Kier alpha value is -1.03. The summed E-state index contributed by atoms with van der Waals surface area (Å²) in [5, 5.41) is 0. The lowest BCUT2D eigenvalue weighted by molar-refractivity contribution is -0.138. The standard InChI is InChI=1S/C10H10F3N/c11-10(12,13)8-4-2-1-3-6(8)7-5-9(7)14/h1-4,7,9H,5,14H2/t7-,9+/m0/s1. The lowest BCUT2D eigenvalue weighted by Crippen LogP contribution is -2.10. The second kappa shape index (κ2) is 2.98. The van der Waals surface area contributed by atoms with E-state index in [2.05, 4.69) is 0 Å². The van der Waals surface area contributed by atoms with E-state index in [1.54, 1.807) is 6.07 Å². The van der Waals surface area contributed by atoms with Gasteiger partial charge >= 0.3 is 6.18 Å². The Bertz CT molecular complexity index is 345. The summed E-state index contributed by atoms with van der Waals surface area (Å²) in [4.78, 5) is 0. The van der Waals surface area contributed by atoms with Crippen molar-refractivity contribution >= 4 is 0 Å². The Balaban J connectivity index is 2.39. The zero-order valence-corrected chi connectivity index (χ0v) is 7.38. The highest BCUT2D eigenvalue weighted by Gasteiger charge is 2.42. The third-order valence-electron chi connectivity index (χ3n) is 2.51. The smallest absolute Gasteiger partial charge is 0.327 e. The van der Waals surface area contributed by atoms with Crippen molar-refractivity contribution in [3.63, 3.8) is 0 Å². The van der Waals surface area contributed by atoms with E-state index < -0.39 is 11.7 Å². The van der Waals surface area contributed by atoms with Crippen molar-refractivity contribution in [3.05, 3.63) is 35.4 Å². The number of hydrogen-bond acceptors (Lipinski definition) is 1. The fourth-order valence-corrected chi connectivity index (χ4v) is 1.65. The molecule has 1 aromatic rings. The van der Waals surface area contributed by atoms with Gasteiger partial charge in [-0.2, -0.15) is 13.2 Å². The molecule has 0 unspecified atom stereocenters. The van der Waals surface area contributed by atoms with E-state index in [0.29, 0.717) is 12.0 Å². The van der Waals surface area contributed by atoms with Crippen LogP contribution in [0.25, 0.3) is 0 Å². The first-order valence-electron chi connectivity index (χ1n) is 4.42. The Morgan fingerprint density at radius 1 is 1.21 bits per heavy atom. The van der Waals surface area contributed by atoms with Crippen LogP contribution < -0.4 is 5.73 Å². The van der Waals surface area contributed by atoms with Crippen molar-refractivity contribution in [3.8, 4) is 0 Å². The molecule has 0 spiro atoms. The van der Waals surface area contributed by atoms with Gasteiger partial charge in [0.1, 0.15) is 0 Å². The van der Waals surface area contributed by atoms with Gasteiger partial charge in [-0.25, -0.2) is 0 Å². The van der Waals surface area contributed by atoms with Gasteiger partial charge in [0.15, 0.2) is 0 Å². The van der Waals surface area contributed by atoms with Crippen LogP contribution in [0.5, 0.6) is 0 Å². The van der Waals surface area contributed by atoms with Crippen LogP contribution in [0.15, 0.2) is 24.3 Å². The highest BCUT2D eigenvalue weighted by atomic mass is 19.4. The third kappa shape index (κ3) is 1.62. The predicted molar refractivity (Wildman–Crippen MR) is 46.8 cm³/mol. The minimum absolute atomic E-state index is 0.0986. The summed E-state index contributed by atoms with van der Waals surface area (Å²) in [6, 6.07) is 5.55. The molecular weight excluding hydrogens is 191 g/mol. The van der Waals surface area contributed by atoms with Crippen molar-refractivity contribution in [1.29, 1.82) is 0 Å². The zero-order valence-electron chi connectivity index (χ0n) is 7.38. The number of rotatable bonds is 1. The number of nitrogens with two attached hydrogens (primary N) is 1. The van der Waals surface area contributed by atoms with Crippen LogP contribution in [0.2, 0.25) is 0 Å². The summed E-state index contributed by atoms with van der Waals surface area (Å²) >= 11 is 0. The summed E-state index contributed by atoms with van der Waals surface area (Å²) in [5.74, 6) is -0.104. The number of benzene rings is 1. The van der Waals surface area contributed by atoms with E-state index in [4.69, 9.17) is 5.73 Å². The van der Waals surface area contributed by atoms with Gasteiger partial charge in [0, 0.05) is 12.0 Å². The fraction of sp³-hybridized carbons (Fsp3) is 0.400. The summed E-state index contributed by atoms with van der Waals surface area (Å²) in [6.45, 7) is 0. The number of hydrogen-bond donors (Lipinski definition) is 1. The van der Waals surface area contributed by atoms with E-state index in [1.165, 1.54) is 12.1 Å². The maximum Gasteiger partial charge on any atom is 0.416 e. The molecule has 1 nitrogen and oxygen atoms in total. The van der Waals surface area contributed by atoms with Crippen LogP contribution in [0.4, 0.5) is 13.2 Å². The molecule has 0 saturated heterocycles. The van der Waals surface area contributed by atoms with Gasteiger partial charge < -0.3 is 5.73 Å². The molecule has 0 radical (unpaired) electrons. The minimum atomic E-state index is -4.26. The van der Waals surface area contributed by atoms with E-state index in [-0.39, 0.29) is 12.0 Å². The van der Waals surface area contributed by atoms with E-state index >= 15 is 0 Å². The molecule has 14 heavy (non-hydrogen) atoms. The highest BCUT2D eigenvalue weighted by molar-refractivity contribution is 5.37. The summed E-state index contributed by atoms with van der Waals surface area (Å²) < 4.78 is 37.6. The molecule has 1 saturated carbocycles. The van der Waals surface area contributed by atoms with Crippen LogP contribution in [-0.2, 0) is 6.18 Å². The highest BCUT2D eigenvalue weighted by Crippen LogP contribution is 2.44.